The largest absolute Gasteiger partial charge is 0.393 e. The SMILES string of the molecule is C[C@H](Cn1cnc2c(N)ncnc21)OCP(=O)(O)O.Cc1ccnc2c1NC(=O)c1cccnc1N2C1CC1.Nc1nc(=O)n([C@@H]2CS[C@H](CO)O2)cc1F. The van der Waals surface area contributed by atoms with Crippen molar-refractivity contribution in [3.63, 3.8) is 0 Å². The summed E-state index contributed by atoms with van der Waals surface area (Å²) in [5.74, 6) is 0.950. The number of halogens is 1. The van der Waals surface area contributed by atoms with E-state index in [2.05, 4.69) is 40.1 Å². The minimum atomic E-state index is -4.16. The molecule has 0 radical (unpaired) electrons. The molecule has 3 aliphatic rings. The number of carbonyl (C=O) groups excluding carboxylic acids is 1. The Kier molecular flexibility index (Phi) is 12.0. The molecule has 2 fully saturated rings. The molecule has 1 saturated heterocycles. The topological polar surface area (TPSA) is 285 Å². The highest BCUT2D eigenvalue weighted by Gasteiger charge is 2.38. The van der Waals surface area contributed by atoms with Gasteiger partial charge in [-0.2, -0.15) is 4.98 Å². The maximum absolute atomic E-state index is 13.1. The minimum absolute atomic E-state index is 0.117. The second kappa shape index (κ2) is 16.7. The van der Waals surface area contributed by atoms with Gasteiger partial charge in [0.15, 0.2) is 28.9 Å². The van der Waals surface area contributed by atoms with Gasteiger partial charge in [-0.3, -0.25) is 13.9 Å². The average molecular weight is 801 g/mol. The van der Waals surface area contributed by atoms with Gasteiger partial charge in [-0.15, -0.1) is 11.8 Å². The number of aromatic nitrogens is 8. The molecule has 1 aliphatic carbocycles. The first-order valence-electron chi connectivity index (χ1n) is 16.7. The maximum atomic E-state index is 13.1. The standard InChI is InChI=1S/C15H14N4O.C9H14N5O4P.C8H10FN3O3S/c1-9-6-8-17-14-12(9)18-15(20)11-3-2-7-16-13(11)19(14)10-4-5-10;1-6(18-5-19(15,16)17)2-14-4-13-7-8(10)11-3-12-9(7)14;9-4-1-12(8(14)11-7(4)10)5-3-16-6(2-13)15-5/h2-3,6-8,10H,4-5H2,1H3,(H,18,20);3-4,6H,2,5H2,1H3,(H2,10,11,12)(H2,15,16,17);1,5-6,13H,2-3H2,(H2,10,11,14)/t;6-;5-,6+/m.10/s1. The number of nitrogens with zero attached hydrogens (tertiary/aromatic N) is 9. The first kappa shape index (κ1) is 39.6. The number of nitrogen functional groups attached to an aromatic ring is 2. The molecule has 2 aliphatic heterocycles. The van der Waals surface area contributed by atoms with Crippen molar-refractivity contribution in [2.24, 2.45) is 0 Å². The lowest BCUT2D eigenvalue weighted by atomic mass is 10.2. The van der Waals surface area contributed by atoms with E-state index in [1.54, 1.807) is 30.0 Å². The number of nitrogens with two attached hydrogens (primary N) is 2. The number of rotatable bonds is 8. The van der Waals surface area contributed by atoms with Gasteiger partial charge in [0.25, 0.3) is 5.91 Å². The summed E-state index contributed by atoms with van der Waals surface area (Å²) >= 11 is 1.35. The van der Waals surface area contributed by atoms with E-state index < -0.39 is 49.0 Å². The molecule has 23 heteroatoms. The van der Waals surface area contributed by atoms with Crippen LogP contribution in [0.2, 0.25) is 0 Å². The van der Waals surface area contributed by atoms with Crippen LogP contribution in [-0.2, 0) is 20.6 Å². The van der Waals surface area contributed by atoms with Crippen molar-refractivity contribution in [1.82, 2.24) is 39.0 Å². The Balaban J connectivity index is 0.000000141. The van der Waals surface area contributed by atoms with Crippen LogP contribution in [-0.4, -0.2) is 96.1 Å². The van der Waals surface area contributed by atoms with Crippen LogP contribution in [0.5, 0.6) is 0 Å². The van der Waals surface area contributed by atoms with E-state index in [0.717, 1.165) is 40.7 Å². The predicted octanol–water partition coefficient (Wildman–Crippen LogP) is 2.15. The average Bonchev–Trinajstić information content (AvgIpc) is 3.75. The molecule has 8 rings (SSSR count). The van der Waals surface area contributed by atoms with Gasteiger partial charge in [0, 0.05) is 24.2 Å². The van der Waals surface area contributed by atoms with Crippen LogP contribution >= 0.6 is 19.4 Å². The molecule has 1 amide bonds. The quantitative estimate of drug-likeness (QED) is 0.123. The molecule has 0 spiro atoms. The van der Waals surface area contributed by atoms with E-state index in [-0.39, 0.29) is 18.3 Å². The van der Waals surface area contributed by atoms with E-state index in [9.17, 15) is 18.5 Å². The highest BCUT2D eigenvalue weighted by Crippen LogP contribution is 2.43. The fourth-order valence-corrected chi connectivity index (χ4v) is 6.92. The van der Waals surface area contributed by atoms with Crippen molar-refractivity contribution in [3.05, 3.63) is 76.9 Å². The number of carbonyl (C=O) groups is 1. The Morgan fingerprint density at radius 2 is 1.87 bits per heavy atom. The molecular weight excluding hydrogens is 762 g/mol. The number of pyridine rings is 2. The number of fused-ring (bicyclic) bond motifs is 3. The molecule has 0 unspecified atom stereocenters. The van der Waals surface area contributed by atoms with E-state index in [1.807, 2.05) is 19.1 Å². The molecule has 5 aromatic heterocycles. The highest BCUT2D eigenvalue weighted by atomic mass is 32.2. The summed E-state index contributed by atoms with van der Waals surface area (Å²) in [5.41, 5.74) is 13.2. The Hall–Kier alpha value is -5.09. The van der Waals surface area contributed by atoms with Gasteiger partial charge in [0.05, 0.1) is 43.0 Å². The summed E-state index contributed by atoms with van der Waals surface area (Å²) in [7, 11) is -4.16. The van der Waals surface area contributed by atoms with Gasteiger partial charge in [-0.1, -0.05) is 0 Å². The van der Waals surface area contributed by atoms with Gasteiger partial charge in [-0.25, -0.2) is 34.1 Å². The van der Waals surface area contributed by atoms with Crippen LogP contribution in [0.4, 0.5) is 33.3 Å². The van der Waals surface area contributed by atoms with Crippen molar-refractivity contribution in [2.45, 2.75) is 57.0 Å². The van der Waals surface area contributed by atoms with Crippen molar-refractivity contribution in [2.75, 3.05) is 40.4 Å². The number of ether oxygens (including phenoxy) is 2. The molecule has 8 N–H and O–H groups in total. The third-order valence-corrected chi connectivity index (χ3v) is 9.91. The van der Waals surface area contributed by atoms with Crippen molar-refractivity contribution < 1.29 is 38.1 Å². The lowest BCUT2D eigenvalue weighted by molar-refractivity contribution is -0.00677. The first-order chi connectivity index (χ1) is 26.2. The Morgan fingerprint density at radius 3 is 2.58 bits per heavy atom. The van der Waals surface area contributed by atoms with Crippen LogP contribution in [0.25, 0.3) is 11.2 Å². The Bertz CT molecular complexity index is 2290. The molecule has 20 nitrogen and oxygen atoms in total. The summed E-state index contributed by atoms with van der Waals surface area (Å²) in [5, 5.41) is 11.8. The second-order valence-electron chi connectivity index (χ2n) is 12.6. The minimum Gasteiger partial charge on any atom is -0.393 e. The van der Waals surface area contributed by atoms with E-state index in [1.165, 1.54) is 24.4 Å². The van der Waals surface area contributed by atoms with Crippen LogP contribution in [0, 0.1) is 12.7 Å². The molecule has 3 atom stereocenters. The molecule has 55 heavy (non-hydrogen) atoms. The monoisotopic (exact) mass is 800 g/mol. The highest BCUT2D eigenvalue weighted by molar-refractivity contribution is 8.00. The number of thioether (sulfide) groups is 1. The summed E-state index contributed by atoms with van der Waals surface area (Å²) in [6.07, 6.45) is 7.93. The molecule has 1 saturated carbocycles. The van der Waals surface area contributed by atoms with Gasteiger partial charge in [-0.05, 0) is 50.5 Å². The number of aliphatic hydroxyl groups excluding tert-OH is 1. The first-order valence-corrected chi connectivity index (χ1v) is 19.6. The number of amides is 1. The lowest BCUT2D eigenvalue weighted by Gasteiger charge is -2.23. The zero-order chi connectivity index (χ0) is 39.4. The van der Waals surface area contributed by atoms with Crippen LogP contribution in [0.1, 0.15) is 41.9 Å². The van der Waals surface area contributed by atoms with Crippen molar-refractivity contribution in [1.29, 1.82) is 0 Å². The molecular formula is C32H38FN12O8PS. The van der Waals surface area contributed by atoms with Gasteiger partial charge < -0.3 is 50.6 Å². The third-order valence-electron chi connectivity index (χ3n) is 8.32. The molecule has 5 aromatic rings. The van der Waals surface area contributed by atoms with E-state index >= 15 is 0 Å². The summed E-state index contributed by atoms with van der Waals surface area (Å²) in [6, 6.07) is 5.91. The number of hydrogen-bond acceptors (Lipinski definition) is 16. The number of aryl methyl sites for hydroxylation is 1. The molecule has 7 heterocycles. The summed E-state index contributed by atoms with van der Waals surface area (Å²) < 4.78 is 36.9. The van der Waals surface area contributed by atoms with E-state index in [0.29, 0.717) is 40.9 Å². The number of aliphatic hydroxyl groups is 1. The smallest absolute Gasteiger partial charge is 0.351 e. The number of imidazole rings is 1. The van der Waals surface area contributed by atoms with Crippen LogP contribution in [0.3, 0.4) is 0 Å². The summed E-state index contributed by atoms with van der Waals surface area (Å²) in [6.45, 7) is 3.88. The predicted molar refractivity (Wildman–Crippen MR) is 200 cm³/mol. The number of nitrogens with one attached hydrogen (secondary N) is 1. The van der Waals surface area contributed by atoms with Crippen LogP contribution in [0.15, 0.2) is 54.2 Å². The second-order valence-corrected chi connectivity index (χ2v) is 15.3. The molecule has 0 bridgehead atoms. The fraction of sp³-hybridized carbons (Fsp3) is 0.375. The maximum Gasteiger partial charge on any atom is 0.351 e. The zero-order valence-corrected chi connectivity index (χ0v) is 31.2. The Morgan fingerprint density at radius 1 is 1.11 bits per heavy atom. The summed E-state index contributed by atoms with van der Waals surface area (Å²) in [4.78, 5) is 67.6. The van der Waals surface area contributed by atoms with E-state index in [4.69, 9.17) is 35.8 Å². The zero-order valence-electron chi connectivity index (χ0n) is 29.5. The van der Waals surface area contributed by atoms with Gasteiger partial charge in [0.2, 0.25) is 0 Å². The van der Waals surface area contributed by atoms with Crippen LogP contribution < -0.4 is 27.4 Å². The van der Waals surface area contributed by atoms with Gasteiger partial charge in [0.1, 0.15) is 35.7 Å². The van der Waals surface area contributed by atoms with Crippen molar-refractivity contribution >= 4 is 65.4 Å². The molecule has 0 aromatic carbocycles. The third kappa shape index (κ3) is 9.42. The van der Waals surface area contributed by atoms with Crippen molar-refractivity contribution in [3.8, 4) is 0 Å². The fourth-order valence-electron chi connectivity index (χ4n) is 5.54. The lowest BCUT2D eigenvalue weighted by Crippen LogP contribution is -2.29. The Labute approximate surface area is 316 Å². The normalized spacial score (nSPS) is 18.2. The molecule has 292 valence electrons. The number of anilines is 5. The van der Waals surface area contributed by atoms with Gasteiger partial charge >= 0.3 is 13.3 Å². The number of hydrogen-bond donors (Lipinski definition) is 6.